The lowest BCUT2D eigenvalue weighted by molar-refractivity contribution is -0.274. The summed E-state index contributed by atoms with van der Waals surface area (Å²) in [6.07, 6.45) is -2.61. The zero-order valence-corrected chi connectivity index (χ0v) is 20.0. The molecule has 1 heterocycles. The Labute approximate surface area is 200 Å². The fourth-order valence-electron chi connectivity index (χ4n) is 4.27. The van der Waals surface area contributed by atoms with Crippen LogP contribution in [0.4, 0.5) is 13.2 Å². The molecule has 10 nitrogen and oxygen atoms in total. The fraction of sp³-hybridized carbons (Fsp3) is 0.571. The van der Waals surface area contributed by atoms with Gasteiger partial charge in [0.1, 0.15) is 5.75 Å². The molecule has 3 amide bonds. The highest BCUT2D eigenvalue weighted by molar-refractivity contribution is 7.88. The number of sulfonamides is 1. The van der Waals surface area contributed by atoms with Gasteiger partial charge in [0.15, 0.2) is 0 Å². The predicted octanol–water partition coefficient (Wildman–Crippen LogP) is 0.867. The molecule has 1 aliphatic heterocycles. The molecule has 2 fully saturated rings. The van der Waals surface area contributed by atoms with E-state index in [1.54, 1.807) is 6.92 Å². The number of ether oxygens (including phenoxy) is 1. The number of primary amides is 1. The number of likely N-dealkylation sites (tertiary alicyclic amines) is 1. The molecular weight excluding hydrogens is 493 g/mol. The second-order valence-corrected chi connectivity index (χ2v) is 10.9. The van der Waals surface area contributed by atoms with Gasteiger partial charge in [-0.05, 0) is 38.3 Å². The van der Waals surface area contributed by atoms with Crippen molar-refractivity contribution in [2.75, 3.05) is 19.3 Å². The third kappa shape index (κ3) is 7.07. The summed E-state index contributed by atoms with van der Waals surface area (Å²) in [5.41, 5.74) is 4.07. The van der Waals surface area contributed by atoms with Crippen LogP contribution in [0.3, 0.4) is 0 Å². The third-order valence-corrected chi connectivity index (χ3v) is 6.93. The zero-order chi connectivity index (χ0) is 26.2. The largest absolute Gasteiger partial charge is 0.573 e. The number of alkyl halides is 3. The quantitative estimate of drug-likeness (QED) is 0.463. The molecule has 1 aromatic rings. The molecule has 3 rings (SSSR count). The number of nitrogens with two attached hydrogens (primary N) is 1. The first kappa shape index (κ1) is 26.7. The van der Waals surface area contributed by atoms with Crippen molar-refractivity contribution >= 4 is 27.7 Å². The van der Waals surface area contributed by atoms with Crippen LogP contribution in [0.1, 0.15) is 42.1 Å². The second-order valence-electron chi connectivity index (χ2n) is 9.12. The van der Waals surface area contributed by atoms with E-state index >= 15 is 0 Å². The van der Waals surface area contributed by atoms with E-state index in [0.717, 1.165) is 12.3 Å². The molecule has 3 atom stereocenters. The number of hydrogen-bond donors (Lipinski definition) is 3. The van der Waals surface area contributed by atoms with Crippen LogP contribution in [0.25, 0.3) is 0 Å². The Hall–Kier alpha value is -2.87. The summed E-state index contributed by atoms with van der Waals surface area (Å²) in [7, 11) is -3.49. The lowest BCUT2D eigenvalue weighted by Gasteiger charge is -2.32. The minimum absolute atomic E-state index is 0.00925. The van der Waals surface area contributed by atoms with Crippen molar-refractivity contribution in [1.29, 1.82) is 0 Å². The Balaban J connectivity index is 1.62. The van der Waals surface area contributed by atoms with Gasteiger partial charge in [0.25, 0.3) is 0 Å². The van der Waals surface area contributed by atoms with Gasteiger partial charge in [-0.3, -0.25) is 14.4 Å². The standard InChI is InChI=1S/C21H27F3N4O6S/c1-20(27-35(2,32)33)9-15(20)19(31)28-7-3-4-14(11-28)18(30)26-10-13-6-5-12(17(25)29)8-16(13)34-21(22,23)24/h5-6,8,14-15,27H,3-4,7,9-11H2,1-2H3,(H2,25,29)(H,26,30)/t14-,15?,20?/m1/s1. The zero-order valence-electron chi connectivity index (χ0n) is 19.1. The number of nitrogens with one attached hydrogen (secondary N) is 2. The van der Waals surface area contributed by atoms with Crippen LogP contribution in [0.15, 0.2) is 18.2 Å². The molecule has 0 spiro atoms. The van der Waals surface area contributed by atoms with E-state index in [9.17, 15) is 36.0 Å². The first-order valence-corrected chi connectivity index (χ1v) is 12.7. The number of amides is 3. The van der Waals surface area contributed by atoms with Crippen LogP contribution in [0.5, 0.6) is 5.75 Å². The Morgan fingerprint density at radius 1 is 1.29 bits per heavy atom. The third-order valence-electron chi connectivity index (χ3n) is 6.09. The minimum Gasteiger partial charge on any atom is -0.405 e. The van der Waals surface area contributed by atoms with Gasteiger partial charge in [-0.1, -0.05) is 6.07 Å². The van der Waals surface area contributed by atoms with Gasteiger partial charge in [0.2, 0.25) is 27.7 Å². The van der Waals surface area contributed by atoms with Crippen molar-refractivity contribution in [3.63, 3.8) is 0 Å². The van der Waals surface area contributed by atoms with Gasteiger partial charge in [-0.25, -0.2) is 13.1 Å². The molecule has 14 heteroatoms. The molecule has 0 radical (unpaired) electrons. The Morgan fingerprint density at radius 2 is 1.97 bits per heavy atom. The van der Waals surface area contributed by atoms with Gasteiger partial charge in [-0.15, -0.1) is 13.2 Å². The molecular formula is C21H27F3N4O6S. The second kappa shape index (κ2) is 9.64. The van der Waals surface area contributed by atoms with Crippen LogP contribution < -0.4 is 20.5 Å². The summed E-state index contributed by atoms with van der Waals surface area (Å²) in [6.45, 7) is 1.89. The van der Waals surface area contributed by atoms with E-state index in [2.05, 4.69) is 14.8 Å². The van der Waals surface area contributed by atoms with E-state index in [0.29, 0.717) is 25.8 Å². The first-order chi connectivity index (χ1) is 16.1. The Morgan fingerprint density at radius 3 is 2.57 bits per heavy atom. The highest BCUT2D eigenvalue weighted by Gasteiger charge is 2.57. The molecule has 2 unspecified atom stereocenters. The fourth-order valence-corrected chi connectivity index (χ4v) is 5.35. The number of carbonyl (C=O) groups excluding carboxylic acids is 3. The van der Waals surface area contributed by atoms with Crippen molar-refractivity contribution in [1.82, 2.24) is 14.9 Å². The lowest BCUT2D eigenvalue weighted by atomic mass is 9.96. The monoisotopic (exact) mass is 520 g/mol. The minimum atomic E-state index is -5.01. The van der Waals surface area contributed by atoms with Gasteiger partial charge < -0.3 is 20.7 Å². The average Bonchev–Trinajstić information content (AvgIpc) is 3.39. The normalized spacial score (nSPS) is 24.5. The van der Waals surface area contributed by atoms with E-state index in [1.807, 2.05) is 0 Å². The molecule has 1 aliphatic carbocycles. The molecule has 0 aromatic heterocycles. The molecule has 1 saturated carbocycles. The van der Waals surface area contributed by atoms with Gasteiger partial charge in [0.05, 0.1) is 18.1 Å². The SMILES string of the molecule is CC1(NS(C)(=O)=O)CC1C(=O)N1CCC[C@@H](C(=O)NCc2ccc(C(N)=O)cc2OC(F)(F)F)C1. The Bertz CT molecular complexity index is 1130. The summed E-state index contributed by atoms with van der Waals surface area (Å²) in [6, 6.07) is 3.29. The summed E-state index contributed by atoms with van der Waals surface area (Å²) < 4.78 is 67.8. The van der Waals surface area contributed by atoms with E-state index in [1.165, 1.54) is 17.0 Å². The average molecular weight is 521 g/mol. The highest BCUT2D eigenvalue weighted by atomic mass is 32.2. The van der Waals surface area contributed by atoms with Crippen molar-refractivity contribution < 1.29 is 40.7 Å². The maximum Gasteiger partial charge on any atom is 0.573 e. The molecule has 0 bridgehead atoms. The van der Waals surface area contributed by atoms with E-state index in [4.69, 9.17) is 5.73 Å². The predicted molar refractivity (Wildman–Crippen MR) is 117 cm³/mol. The maximum atomic E-state index is 12.9. The van der Waals surface area contributed by atoms with E-state index < -0.39 is 51.3 Å². The number of piperidine rings is 1. The molecule has 1 saturated heterocycles. The van der Waals surface area contributed by atoms with Crippen LogP contribution in [0.2, 0.25) is 0 Å². The van der Waals surface area contributed by atoms with Crippen molar-refractivity contribution in [2.45, 2.75) is 44.6 Å². The number of nitrogens with zero attached hydrogens (tertiary/aromatic N) is 1. The summed E-state index contributed by atoms with van der Waals surface area (Å²) >= 11 is 0. The lowest BCUT2D eigenvalue weighted by Crippen LogP contribution is -2.47. The van der Waals surface area contributed by atoms with E-state index in [-0.39, 0.29) is 30.1 Å². The molecule has 1 aromatic carbocycles. The first-order valence-electron chi connectivity index (χ1n) is 10.8. The number of hydrogen-bond acceptors (Lipinski definition) is 6. The summed E-state index contributed by atoms with van der Waals surface area (Å²) in [5.74, 6) is -3.39. The molecule has 194 valence electrons. The summed E-state index contributed by atoms with van der Waals surface area (Å²) in [5, 5.41) is 2.56. The number of halogens is 3. The van der Waals surface area contributed by atoms with Gasteiger partial charge >= 0.3 is 6.36 Å². The van der Waals surface area contributed by atoms with Crippen LogP contribution in [-0.4, -0.2) is 62.3 Å². The number of benzene rings is 1. The van der Waals surface area contributed by atoms with Crippen molar-refractivity contribution in [3.05, 3.63) is 29.3 Å². The molecule has 2 aliphatic rings. The number of carbonyl (C=O) groups is 3. The smallest absolute Gasteiger partial charge is 0.405 e. The van der Waals surface area contributed by atoms with Crippen LogP contribution >= 0.6 is 0 Å². The van der Waals surface area contributed by atoms with Crippen LogP contribution in [0, 0.1) is 11.8 Å². The van der Waals surface area contributed by atoms with Gasteiger partial charge in [0, 0.05) is 36.3 Å². The highest BCUT2D eigenvalue weighted by Crippen LogP contribution is 2.45. The summed E-state index contributed by atoms with van der Waals surface area (Å²) in [4.78, 5) is 38.4. The van der Waals surface area contributed by atoms with Crippen molar-refractivity contribution in [2.24, 2.45) is 17.6 Å². The maximum absolute atomic E-state index is 12.9. The van der Waals surface area contributed by atoms with Crippen molar-refractivity contribution in [3.8, 4) is 5.75 Å². The van der Waals surface area contributed by atoms with Gasteiger partial charge in [-0.2, -0.15) is 0 Å². The topological polar surface area (TPSA) is 148 Å². The van der Waals surface area contributed by atoms with Crippen LogP contribution in [-0.2, 0) is 26.2 Å². The molecule has 35 heavy (non-hydrogen) atoms. The number of rotatable bonds is 8. The molecule has 4 N–H and O–H groups in total. The Kier molecular flexibility index (Phi) is 7.37.